The number of ether oxygens (including phenoxy) is 2. The van der Waals surface area contributed by atoms with Crippen LogP contribution in [0.5, 0.6) is 5.75 Å². The highest BCUT2D eigenvalue weighted by Crippen LogP contribution is 2.38. The van der Waals surface area contributed by atoms with E-state index in [1.807, 2.05) is 92.2 Å². The van der Waals surface area contributed by atoms with E-state index in [9.17, 15) is 14.7 Å². The third-order valence-corrected chi connectivity index (χ3v) is 7.94. The first-order valence-electron chi connectivity index (χ1n) is 14.0. The van der Waals surface area contributed by atoms with Crippen LogP contribution in [0, 0.1) is 5.92 Å². The first-order valence-corrected chi connectivity index (χ1v) is 14.0. The summed E-state index contributed by atoms with van der Waals surface area (Å²) in [6, 6.07) is 24.5. The minimum Gasteiger partial charge on any atom is -0.410 e. The molecule has 1 aliphatic rings. The van der Waals surface area contributed by atoms with Crippen LogP contribution in [0.15, 0.2) is 78.9 Å². The van der Waals surface area contributed by atoms with Crippen molar-refractivity contribution >= 4 is 22.9 Å². The zero-order valence-electron chi connectivity index (χ0n) is 24.0. The van der Waals surface area contributed by atoms with Gasteiger partial charge < -0.3 is 28.9 Å². The van der Waals surface area contributed by atoms with Gasteiger partial charge in [-0.1, -0.05) is 67.6 Å². The Labute approximate surface area is 240 Å². The summed E-state index contributed by atoms with van der Waals surface area (Å²) in [6.07, 6.45) is -0.896. The van der Waals surface area contributed by atoms with Crippen LogP contribution in [-0.4, -0.2) is 70.4 Å². The van der Waals surface area contributed by atoms with Crippen LogP contribution >= 0.6 is 0 Å². The molecular formula is C33H37N3O5. The summed E-state index contributed by atoms with van der Waals surface area (Å²) in [5.41, 5.74) is 4.27. The third kappa shape index (κ3) is 5.71. The Morgan fingerprint density at radius 3 is 2.51 bits per heavy atom. The molecule has 8 nitrogen and oxygen atoms in total. The van der Waals surface area contributed by atoms with E-state index >= 15 is 0 Å². The van der Waals surface area contributed by atoms with E-state index in [1.54, 1.807) is 24.1 Å². The molecule has 0 saturated carbocycles. The number of hydrogen-bond acceptors (Lipinski definition) is 5. The topological polar surface area (TPSA) is 84.2 Å². The summed E-state index contributed by atoms with van der Waals surface area (Å²) in [7, 11) is 3.60. The van der Waals surface area contributed by atoms with Gasteiger partial charge in [-0.15, -0.1) is 0 Å². The smallest absolute Gasteiger partial charge is 0.410 e. The molecule has 0 saturated heterocycles. The van der Waals surface area contributed by atoms with Gasteiger partial charge in [0.25, 0.3) is 5.91 Å². The van der Waals surface area contributed by atoms with Gasteiger partial charge >= 0.3 is 6.09 Å². The number of aliphatic hydroxyl groups excluding tert-OH is 1. The average Bonchev–Trinajstić information content (AvgIpc) is 3.28. The van der Waals surface area contributed by atoms with E-state index < -0.39 is 18.2 Å². The molecule has 41 heavy (non-hydrogen) atoms. The molecule has 1 aromatic heterocycles. The SMILES string of the molecule is C[C@@H]1CN([C@H](C)CO)C(=O)c2c(c3ccccc3n2C)-c2ccccc2CO[C@@H]1CN(C)C(=O)Oc1ccccc1. The van der Waals surface area contributed by atoms with Crippen molar-refractivity contribution in [3.05, 3.63) is 90.1 Å². The molecule has 4 aromatic rings. The van der Waals surface area contributed by atoms with Crippen molar-refractivity contribution in [2.45, 2.75) is 32.6 Å². The van der Waals surface area contributed by atoms with Crippen LogP contribution in [0.3, 0.4) is 0 Å². The van der Waals surface area contributed by atoms with Crippen LogP contribution < -0.4 is 4.74 Å². The Morgan fingerprint density at radius 2 is 1.76 bits per heavy atom. The van der Waals surface area contributed by atoms with E-state index in [-0.39, 0.29) is 25.0 Å². The molecule has 3 atom stereocenters. The predicted octanol–water partition coefficient (Wildman–Crippen LogP) is 5.33. The van der Waals surface area contributed by atoms with Crippen LogP contribution in [0.1, 0.15) is 29.9 Å². The monoisotopic (exact) mass is 555 g/mol. The Hall–Kier alpha value is -4.14. The van der Waals surface area contributed by atoms with E-state index in [0.717, 1.165) is 27.6 Å². The molecule has 0 fully saturated rings. The largest absolute Gasteiger partial charge is 0.415 e. The lowest BCUT2D eigenvalue weighted by Gasteiger charge is -2.34. The zero-order valence-corrected chi connectivity index (χ0v) is 24.0. The van der Waals surface area contributed by atoms with Gasteiger partial charge in [-0.05, 0) is 36.2 Å². The maximum absolute atomic E-state index is 14.4. The van der Waals surface area contributed by atoms with Crippen molar-refractivity contribution < 1.29 is 24.2 Å². The van der Waals surface area contributed by atoms with Gasteiger partial charge in [-0.3, -0.25) is 4.79 Å². The molecule has 3 aromatic carbocycles. The molecule has 0 spiro atoms. The van der Waals surface area contributed by atoms with Crippen molar-refractivity contribution in [1.29, 1.82) is 0 Å². The Balaban J connectivity index is 1.55. The second kappa shape index (κ2) is 12.2. The van der Waals surface area contributed by atoms with Crippen LogP contribution in [-0.2, 0) is 18.4 Å². The number of benzene rings is 3. The van der Waals surface area contributed by atoms with Crippen molar-refractivity contribution in [3.63, 3.8) is 0 Å². The molecule has 0 radical (unpaired) electrons. The normalized spacial score (nSPS) is 18.3. The number of para-hydroxylation sites is 2. The molecule has 8 heteroatoms. The Bertz CT molecular complexity index is 1530. The number of carbonyl (C=O) groups is 2. The minimum absolute atomic E-state index is 0.153. The fraction of sp³-hybridized carbons (Fsp3) is 0.333. The van der Waals surface area contributed by atoms with Gasteiger partial charge in [-0.25, -0.2) is 4.79 Å². The van der Waals surface area contributed by atoms with E-state index in [4.69, 9.17) is 9.47 Å². The first kappa shape index (κ1) is 28.4. The number of fused-ring (bicyclic) bond motifs is 5. The lowest BCUT2D eigenvalue weighted by atomic mass is 9.96. The lowest BCUT2D eigenvalue weighted by Crippen LogP contribution is -2.48. The highest BCUT2D eigenvalue weighted by molar-refractivity contribution is 6.10. The predicted molar refractivity (Wildman–Crippen MR) is 159 cm³/mol. The average molecular weight is 556 g/mol. The summed E-state index contributed by atoms with van der Waals surface area (Å²) >= 11 is 0. The molecule has 2 heterocycles. The summed E-state index contributed by atoms with van der Waals surface area (Å²) in [6.45, 7) is 4.59. The molecule has 2 amide bonds. The number of aromatic nitrogens is 1. The summed E-state index contributed by atoms with van der Waals surface area (Å²) < 4.78 is 14.1. The fourth-order valence-corrected chi connectivity index (χ4v) is 5.54. The Kier molecular flexibility index (Phi) is 8.42. The second-order valence-electron chi connectivity index (χ2n) is 10.8. The van der Waals surface area contributed by atoms with E-state index in [1.165, 1.54) is 4.90 Å². The summed E-state index contributed by atoms with van der Waals surface area (Å²) in [5.74, 6) is 0.149. The summed E-state index contributed by atoms with van der Waals surface area (Å²) in [5, 5.41) is 11.2. The van der Waals surface area contributed by atoms with Gasteiger partial charge in [0, 0.05) is 43.0 Å². The van der Waals surface area contributed by atoms with E-state index in [2.05, 4.69) is 0 Å². The molecule has 0 bridgehead atoms. The molecule has 1 N–H and O–H groups in total. The van der Waals surface area contributed by atoms with Gasteiger partial charge in [0.1, 0.15) is 11.4 Å². The number of amides is 2. The van der Waals surface area contributed by atoms with Gasteiger partial charge in [0.15, 0.2) is 0 Å². The number of carbonyl (C=O) groups excluding carboxylic acids is 2. The lowest BCUT2D eigenvalue weighted by molar-refractivity contribution is -0.0206. The second-order valence-corrected chi connectivity index (χ2v) is 10.8. The summed E-state index contributed by atoms with van der Waals surface area (Å²) in [4.78, 5) is 30.6. The van der Waals surface area contributed by atoms with E-state index in [0.29, 0.717) is 24.6 Å². The molecule has 0 unspecified atom stereocenters. The maximum Gasteiger partial charge on any atom is 0.415 e. The molecule has 0 aliphatic carbocycles. The van der Waals surface area contributed by atoms with Crippen molar-refractivity contribution in [2.75, 3.05) is 26.7 Å². The van der Waals surface area contributed by atoms with Crippen molar-refractivity contribution in [3.8, 4) is 16.9 Å². The number of likely N-dealkylation sites (N-methyl/N-ethyl adjacent to an activating group) is 1. The quantitative estimate of drug-likeness (QED) is 0.360. The molecule has 1 aliphatic heterocycles. The standard InChI is InChI=1S/C33H37N3O5/c1-22-18-36(23(2)20-37)32(38)31-30(27-16-10-11-17-28(27)35(31)4)26-15-9-8-12-24(26)21-40-29(22)19-34(3)33(39)41-25-13-6-5-7-14-25/h5-17,22-23,29,37H,18-21H2,1-4H3/t22-,23-,29-/m1/s1. The number of aryl methyl sites for hydroxylation is 1. The van der Waals surface area contributed by atoms with Crippen LogP contribution in [0.2, 0.25) is 0 Å². The van der Waals surface area contributed by atoms with Gasteiger partial charge in [0.2, 0.25) is 0 Å². The van der Waals surface area contributed by atoms with Gasteiger partial charge in [-0.2, -0.15) is 0 Å². The van der Waals surface area contributed by atoms with Crippen molar-refractivity contribution in [1.82, 2.24) is 14.4 Å². The van der Waals surface area contributed by atoms with Crippen molar-refractivity contribution in [2.24, 2.45) is 13.0 Å². The maximum atomic E-state index is 14.4. The number of hydrogen-bond donors (Lipinski definition) is 1. The first-order chi connectivity index (χ1) is 19.8. The third-order valence-electron chi connectivity index (χ3n) is 7.94. The zero-order chi connectivity index (χ0) is 29.1. The highest BCUT2D eigenvalue weighted by Gasteiger charge is 2.34. The number of rotatable bonds is 5. The molecule has 5 rings (SSSR count). The molecule has 214 valence electrons. The number of nitrogens with zero attached hydrogens (tertiary/aromatic N) is 3. The van der Waals surface area contributed by atoms with Crippen LogP contribution in [0.25, 0.3) is 22.0 Å². The van der Waals surface area contributed by atoms with Gasteiger partial charge in [0.05, 0.1) is 31.9 Å². The van der Waals surface area contributed by atoms with Crippen LogP contribution in [0.4, 0.5) is 4.79 Å². The highest BCUT2D eigenvalue weighted by atomic mass is 16.6. The fourth-order valence-electron chi connectivity index (χ4n) is 5.54. The minimum atomic E-state index is -0.489. The Morgan fingerprint density at radius 1 is 1.07 bits per heavy atom. The number of aliphatic hydroxyl groups is 1. The molecular weight excluding hydrogens is 518 g/mol.